The number of nitrogens with zero attached hydrogens (tertiary/aromatic N) is 3. The van der Waals surface area contributed by atoms with Gasteiger partial charge >= 0.3 is 5.69 Å². The first-order chi connectivity index (χ1) is 11.6. The summed E-state index contributed by atoms with van der Waals surface area (Å²) in [5, 5.41) is 0. The van der Waals surface area contributed by atoms with Gasteiger partial charge in [-0.25, -0.2) is 4.79 Å². The van der Waals surface area contributed by atoms with Crippen molar-refractivity contribution in [3.63, 3.8) is 0 Å². The van der Waals surface area contributed by atoms with E-state index in [1.807, 2.05) is 61.5 Å². The Morgan fingerprint density at radius 3 is 2.17 bits per heavy atom. The van der Waals surface area contributed by atoms with Gasteiger partial charge in [-0.1, -0.05) is 42.5 Å². The zero-order chi connectivity index (χ0) is 17.1. The highest BCUT2D eigenvalue weighted by atomic mass is 16.2. The highest BCUT2D eigenvalue weighted by molar-refractivity contribution is 5.80. The molecule has 0 radical (unpaired) electrons. The van der Waals surface area contributed by atoms with Gasteiger partial charge in [0, 0.05) is 20.1 Å². The van der Waals surface area contributed by atoms with Gasteiger partial charge in [-0.2, -0.15) is 0 Å². The van der Waals surface area contributed by atoms with Crippen LogP contribution in [0.3, 0.4) is 0 Å². The molecule has 124 valence electrons. The van der Waals surface area contributed by atoms with E-state index in [2.05, 4.69) is 0 Å². The molecule has 0 spiro atoms. The van der Waals surface area contributed by atoms with Crippen LogP contribution in [-0.4, -0.2) is 27.0 Å². The number of carbonyl (C=O) groups is 1. The average Bonchev–Trinajstić information content (AvgIpc) is 2.87. The molecular weight excluding hydrogens is 302 g/mol. The minimum atomic E-state index is -0.139. The third-order valence-corrected chi connectivity index (χ3v) is 4.22. The summed E-state index contributed by atoms with van der Waals surface area (Å²) in [6.45, 7) is 3.10. The van der Waals surface area contributed by atoms with E-state index in [1.165, 1.54) is 0 Å². The molecule has 0 aliphatic carbocycles. The Bertz CT molecular complexity index is 909. The number of aryl methyl sites for hydroxylation is 1. The Morgan fingerprint density at radius 1 is 0.958 bits per heavy atom. The van der Waals surface area contributed by atoms with Crippen LogP contribution in [0.25, 0.3) is 11.0 Å². The van der Waals surface area contributed by atoms with Crippen LogP contribution < -0.4 is 5.69 Å². The second-order valence-corrected chi connectivity index (χ2v) is 5.84. The van der Waals surface area contributed by atoms with E-state index in [1.54, 1.807) is 21.1 Å². The topological polar surface area (TPSA) is 47.2 Å². The van der Waals surface area contributed by atoms with Crippen molar-refractivity contribution >= 4 is 16.9 Å². The number of fused-ring (bicyclic) bond motifs is 1. The second kappa shape index (κ2) is 6.74. The zero-order valence-corrected chi connectivity index (χ0v) is 14.0. The first-order valence-electron chi connectivity index (χ1n) is 8.07. The van der Waals surface area contributed by atoms with Gasteiger partial charge in [-0.15, -0.1) is 0 Å². The standard InChI is InChI=1S/C19H21N3O2/c1-3-21-16-11-7-8-12-17(16)22(19(21)24)14-18(23)20(2)13-15-9-5-4-6-10-15/h4-12H,3,13-14H2,1-2H3. The van der Waals surface area contributed by atoms with Crippen molar-refractivity contribution in [1.82, 2.24) is 14.0 Å². The third-order valence-electron chi connectivity index (χ3n) is 4.22. The fraction of sp³-hybridized carbons (Fsp3) is 0.263. The van der Waals surface area contributed by atoms with Gasteiger partial charge in [0.2, 0.25) is 5.91 Å². The molecule has 0 aliphatic rings. The van der Waals surface area contributed by atoms with Gasteiger partial charge in [0.15, 0.2) is 0 Å². The summed E-state index contributed by atoms with van der Waals surface area (Å²) in [5.41, 5.74) is 2.59. The number of benzene rings is 2. The minimum Gasteiger partial charge on any atom is -0.340 e. The Labute approximate surface area is 140 Å². The molecule has 1 heterocycles. The van der Waals surface area contributed by atoms with Crippen LogP contribution in [0.1, 0.15) is 12.5 Å². The first-order valence-corrected chi connectivity index (χ1v) is 8.07. The fourth-order valence-corrected chi connectivity index (χ4v) is 2.93. The van der Waals surface area contributed by atoms with E-state index in [0.29, 0.717) is 13.1 Å². The van der Waals surface area contributed by atoms with Crippen molar-refractivity contribution in [2.24, 2.45) is 0 Å². The maximum absolute atomic E-state index is 12.6. The number of amides is 1. The number of imidazole rings is 1. The van der Waals surface area contributed by atoms with E-state index in [4.69, 9.17) is 0 Å². The first kappa shape index (κ1) is 16.1. The summed E-state index contributed by atoms with van der Waals surface area (Å²) in [6, 6.07) is 17.4. The molecule has 0 fully saturated rings. The summed E-state index contributed by atoms with van der Waals surface area (Å²) >= 11 is 0. The molecule has 3 aromatic rings. The van der Waals surface area contributed by atoms with Crippen molar-refractivity contribution in [2.45, 2.75) is 26.6 Å². The average molecular weight is 323 g/mol. The smallest absolute Gasteiger partial charge is 0.329 e. The number of rotatable bonds is 5. The normalized spacial score (nSPS) is 10.9. The molecule has 24 heavy (non-hydrogen) atoms. The Hall–Kier alpha value is -2.82. The van der Waals surface area contributed by atoms with Gasteiger partial charge in [0.05, 0.1) is 11.0 Å². The van der Waals surface area contributed by atoms with Gasteiger partial charge in [0.25, 0.3) is 0 Å². The Morgan fingerprint density at radius 2 is 1.54 bits per heavy atom. The van der Waals surface area contributed by atoms with Crippen LogP contribution in [0, 0.1) is 0 Å². The molecular formula is C19H21N3O2. The molecule has 5 nitrogen and oxygen atoms in total. The van der Waals surface area contributed by atoms with Crippen molar-refractivity contribution < 1.29 is 4.79 Å². The molecule has 1 aromatic heterocycles. The molecule has 0 N–H and O–H groups in total. The maximum atomic E-state index is 12.6. The molecule has 0 saturated carbocycles. The predicted molar refractivity (Wildman–Crippen MR) is 94.8 cm³/mol. The predicted octanol–water partition coefficient (Wildman–Crippen LogP) is 2.48. The maximum Gasteiger partial charge on any atom is 0.329 e. The second-order valence-electron chi connectivity index (χ2n) is 5.84. The third kappa shape index (κ3) is 2.97. The molecule has 0 aliphatic heterocycles. The molecule has 0 saturated heterocycles. The SMILES string of the molecule is CCn1c(=O)n(CC(=O)N(C)Cc2ccccc2)c2ccccc21. The van der Waals surface area contributed by atoms with Crippen molar-refractivity contribution in [3.8, 4) is 0 Å². The summed E-state index contributed by atoms with van der Waals surface area (Å²) in [7, 11) is 1.76. The quantitative estimate of drug-likeness (QED) is 0.724. The van der Waals surface area contributed by atoms with Crippen LogP contribution in [-0.2, 0) is 24.4 Å². The summed E-state index contributed by atoms with van der Waals surface area (Å²) in [4.78, 5) is 26.8. The minimum absolute atomic E-state index is 0.0513. The number of hydrogen-bond acceptors (Lipinski definition) is 2. The van der Waals surface area contributed by atoms with Crippen LogP contribution in [0.15, 0.2) is 59.4 Å². The van der Waals surface area contributed by atoms with Crippen LogP contribution >= 0.6 is 0 Å². The highest BCUT2D eigenvalue weighted by Crippen LogP contribution is 2.13. The van der Waals surface area contributed by atoms with E-state index in [-0.39, 0.29) is 18.1 Å². The lowest BCUT2D eigenvalue weighted by Gasteiger charge is -2.17. The van der Waals surface area contributed by atoms with Crippen molar-refractivity contribution in [2.75, 3.05) is 7.05 Å². The summed E-state index contributed by atoms with van der Waals surface area (Å²) < 4.78 is 3.25. The van der Waals surface area contributed by atoms with Crippen molar-refractivity contribution in [1.29, 1.82) is 0 Å². The van der Waals surface area contributed by atoms with E-state index < -0.39 is 0 Å². The number of likely N-dealkylation sites (N-methyl/N-ethyl adjacent to an activating group) is 1. The molecule has 1 amide bonds. The highest BCUT2D eigenvalue weighted by Gasteiger charge is 2.16. The molecule has 5 heteroatoms. The summed E-state index contributed by atoms with van der Waals surface area (Å²) in [5.74, 6) is -0.0834. The number of carbonyl (C=O) groups excluding carboxylic acids is 1. The Kier molecular flexibility index (Phi) is 4.51. The monoisotopic (exact) mass is 323 g/mol. The zero-order valence-electron chi connectivity index (χ0n) is 14.0. The lowest BCUT2D eigenvalue weighted by atomic mass is 10.2. The lowest BCUT2D eigenvalue weighted by Crippen LogP contribution is -2.34. The van der Waals surface area contributed by atoms with Gasteiger partial charge in [0.1, 0.15) is 6.54 Å². The fourth-order valence-electron chi connectivity index (χ4n) is 2.93. The van der Waals surface area contributed by atoms with E-state index >= 15 is 0 Å². The van der Waals surface area contributed by atoms with Crippen LogP contribution in [0.4, 0.5) is 0 Å². The van der Waals surface area contributed by atoms with Gasteiger partial charge in [-0.3, -0.25) is 13.9 Å². The van der Waals surface area contributed by atoms with E-state index in [9.17, 15) is 9.59 Å². The molecule has 0 unspecified atom stereocenters. The lowest BCUT2D eigenvalue weighted by molar-refractivity contribution is -0.131. The molecule has 3 rings (SSSR count). The number of aromatic nitrogens is 2. The number of hydrogen-bond donors (Lipinski definition) is 0. The number of para-hydroxylation sites is 2. The largest absolute Gasteiger partial charge is 0.340 e. The van der Waals surface area contributed by atoms with Crippen molar-refractivity contribution in [3.05, 3.63) is 70.6 Å². The molecule has 0 atom stereocenters. The molecule has 2 aromatic carbocycles. The van der Waals surface area contributed by atoms with Gasteiger partial charge < -0.3 is 4.90 Å². The van der Waals surface area contributed by atoms with Crippen LogP contribution in [0.5, 0.6) is 0 Å². The van der Waals surface area contributed by atoms with E-state index in [0.717, 1.165) is 16.6 Å². The summed E-state index contributed by atoms with van der Waals surface area (Å²) in [6.07, 6.45) is 0. The Balaban J connectivity index is 1.86. The van der Waals surface area contributed by atoms with Crippen LogP contribution in [0.2, 0.25) is 0 Å². The molecule has 0 bridgehead atoms. The van der Waals surface area contributed by atoms with Gasteiger partial charge in [-0.05, 0) is 24.6 Å².